The molecule has 4 rings (SSSR count). The summed E-state index contributed by atoms with van der Waals surface area (Å²) in [5.74, 6) is -0.932. The molecule has 0 aliphatic heterocycles. The van der Waals surface area contributed by atoms with E-state index in [0.29, 0.717) is 5.56 Å². The minimum Gasteiger partial charge on any atom is -0.406 e. The van der Waals surface area contributed by atoms with Crippen LogP contribution in [0, 0.1) is 0 Å². The van der Waals surface area contributed by atoms with Crippen LogP contribution in [0.2, 0.25) is 0 Å². The fraction of sp³-hybridized carbons (Fsp3) is 0.286. The standard InChI is InChI=1S/C28H28F3N5O3/c1-17(2)33-24(37)16-36-26(20-9-6-10-22(12-20)39-28(29,30)31)34-25-23(27(36)38)13-21(14-32-25)19-8-5-7-18(11-19)15-35(3)4/h5-14,17H,15-16H2,1-4H3,(H,33,37). The molecule has 0 atom stereocenters. The van der Waals surface area contributed by atoms with Gasteiger partial charge in [0.15, 0.2) is 5.65 Å². The fourth-order valence-corrected chi connectivity index (χ4v) is 4.19. The highest BCUT2D eigenvalue weighted by atomic mass is 19.4. The summed E-state index contributed by atoms with van der Waals surface area (Å²) in [6.45, 7) is 3.90. The maximum atomic E-state index is 13.7. The van der Waals surface area contributed by atoms with E-state index in [4.69, 9.17) is 0 Å². The first-order valence-electron chi connectivity index (χ1n) is 12.2. The quantitative estimate of drug-likeness (QED) is 0.352. The number of amides is 1. The average molecular weight is 540 g/mol. The van der Waals surface area contributed by atoms with Crippen molar-refractivity contribution in [1.82, 2.24) is 24.8 Å². The van der Waals surface area contributed by atoms with Crippen molar-refractivity contribution in [2.75, 3.05) is 14.1 Å². The molecule has 11 heteroatoms. The number of pyridine rings is 1. The topological polar surface area (TPSA) is 89.3 Å². The molecule has 0 radical (unpaired) electrons. The number of nitrogens with zero attached hydrogens (tertiary/aromatic N) is 4. The lowest BCUT2D eigenvalue weighted by atomic mass is 10.0. The number of hydrogen-bond acceptors (Lipinski definition) is 6. The van der Waals surface area contributed by atoms with E-state index in [1.54, 1.807) is 26.1 Å². The van der Waals surface area contributed by atoms with Crippen molar-refractivity contribution in [2.24, 2.45) is 0 Å². The van der Waals surface area contributed by atoms with Gasteiger partial charge in [0.25, 0.3) is 5.56 Å². The number of rotatable bonds is 8. The maximum absolute atomic E-state index is 13.7. The van der Waals surface area contributed by atoms with Crippen LogP contribution in [0.3, 0.4) is 0 Å². The second-order valence-electron chi connectivity index (χ2n) is 9.66. The van der Waals surface area contributed by atoms with Crippen molar-refractivity contribution in [3.05, 3.63) is 76.7 Å². The van der Waals surface area contributed by atoms with Gasteiger partial charge in [-0.2, -0.15) is 0 Å². The zero-order chi connectivity index (χ0) is 28.3. The molecule has 2 heterocycles. The van der Waals surface area contributed by atoms with Gasteiger partial charge >= 0.3 is 6.36 Å². The van der Waals surface area contributed by atoms with Crippen LogP contribution in [0.25, 0.3) is 33.5 Å². The minimum atomic E-state index is -4.89. The molecule has 0 spiro atoms. The molecule has 0 aliphatic carbocycles. The Kier molecular flexibility index (Phi) is 8.01. The Bertz CT molecular complexity index is 1560. The Morgan fingerprint density at radius 2 is 1.77 bits per heavy atom. The van der Waals surface area contributed by atoms with Crippen LogP contribution in [0.4, 0.5) is 13.2 Å². The van der Waals surface area contributed by atoms with Crippen molar-refractivity contribution in [3.63, 3.8) is 0 Å². The number of hydrogen-bond donors (Lipinski definition) is 1. The van der Waals surface area contributed by atoms with Gasteiger partial charge in [-0.1, -0.05) is 30.3 Å². The zero-order valence-corrected chi connectivity index (χ0v) is 21.9. The van der Waals surface area contributed by atoms with Gasteiger partial charge in [0, 0.05) is 29.9 Å². The van der Waals surface area contributed by atoms with Crippen LogP contribution in [0.15, 0.2) is 65.6 Å². The summed E-state index contributed by atoms with van der Waals surface area (Å²) in [4.78, 5) is 37.3. The monoisotopic (exact) mass is 539 g/mol. The Labute approximate surface area is 223 Å². The van der Waals surface area contributed by atoms with Gasteiger partial charge < -0.3 is 15.0 Å². The third-order valence-electron chi connectivity index (χ3n) is 5.65. The summed E-state index contributed by atoms with van der Waals surface area (Å²) < 4.78 is 43.7. The third-order valence-corrected chi connectivity index (χ3v) is 5.65. The van der Waals surface area contributed by atoms with Gasteiger partial charge in [-0.25, -0.2) is 9.97 Å². The molecule has 0 saturated carbocycles. The van der Waals surface area contributed by atoms with Gasteiger partial charge in [-0.05, 0) is 63.3 Å². The van der Waals surface area contributed by atoms with E-state index in [1.165, 1.54) is 12.1 Å². The van der Waals surface area contributed by atoms with E-state index in [-0.39, 0.29) is 35.0 Å². The number of benzene rings is 2. The van der Waals surface area contributed by atoms with Crippen molar-refractivity contribution in [2.45, 2.75) is 39.3 Å². The average Bonchev–Trinajstić information content (AvgIpc) is 2.84. The predicted octanol–water partition coefficient (Wildman–Crippen LogP) is 4.61. The largest absolute Gasteiger partial charge is 0.573 e. The van der Waals surface area contributed by atoms with Gasteiger partial charge in [0.2, 0.25) is 5.91 Å². The molecule has 204 valence electrons. The van der Waals surface area contributed by atoms with Crippen LogP contribution in [-0.2, 0) is 17.9 Å². The number of aromatic nitrogens is 3. The van der Waals surface area contributed by atoms with Crippen LogP contribution in [0.5, 0.6) is 5.75 Å². The fourth-order valence-electron chi connectivity index (χ4n) is 4.19. The van der Waals surface area contributed by atoms with Crippen LogP contribution in [0.1, 0.15) is 19.4 Å². The number of alkyl halides is 3. The highest BCUT2D eigenvalue weighted by molar-refractivity contribution is 5.83. The minimum absolute atomic E-state index is 0.00717. The first kappa shape index (κ1) is 27.8. The first-order valence-corrected chi connectivity index (χ1v) is 12.2. The van der Waals surface area contributed by atoms with Gasteiger partial charge in [-0.3, -0.25) is 14.2 Å². The molecule has 0 aliphatic rings. The maximum Gasteiger partial charge on any atom is 0.573 e. The van der Waals surface area contributed by atoms with Gasteiger partial charge in [0.05, 0.1) is 5.39 Å². The molecule has 1 amide bonds. The lowest BCUT2D eigenvalue weighted by molar-refractivity contribution is -0.274. The number of nitrogens with one attached hydrogen (secondary N) is 1. The summed E-state index contributed by atoms with van der Waals surface area (Å²) in [5.41, 5.74) is 2.34. The summed E-state index contributed by atoms with van der Waals surface area (Å²) in [6.07, 6.45) is -3.31. The molecule has 4 aromatic rings. The summed E-state index contributed by atoms with van der Waals surface area (Å²) in [5, 5.41) is 2.90. The molecule has 0 unspecified atom stereocenters. The van der Waals surface area contributed by atoms with Crippen molar-refractivity contribution in [3.8, 4) is 28.3 Å². The smallest absolute Gasteiger partial charge is 0.406 e. The van der Waals surface area contributed by atoms with Crippen molar-refractivity contribution < 1.29 is 22.7 Å². The summed E-state index contributed by atoms with van der Waals surface area (Å²) in [7, 11) is 3.94. The molecular formula is C28H28F3N5O3. The van der Waals surface area contributed by atoms with E-state index in [1.807, 2.05) is 43.3 Å². The molecule has 8 nitrogen and oxygen atoms in total. The third kappa shape index (κ3) is 6.99. The van der Waals surface area contributed by atoms with E-state index in [0.717, 1.165) is 34.4 Å². The van der Waals surface area contributed by atoms with E-state index < -0.39 is 23.6 Å². The molecule has 2 aromatic carbocycles. The van der Waals surface area contributed by atoms with E-state index >= 15 is 0 Å². The molecular weight excluding hydrogens is 511 g/mol. The number of halogens is 3. The highest BCUT2D eigenvalue weighted by Crippen LogP contribution is 2.28. The molecule has 0 bridgehead atoms. The number of carbonyl (C=O) groups excluding carboxylic acids is 1. The second kappa shape index (κ2) is 11.2. The SMILES string of the molecule is CC(C)NC(=O)Cn1c(-c2cccc(OC(F)(F)F)c2)nc2ncc(-c3cccc(CN(C)C)c3)cc2c1=O. The lowest BCUT2D eigenvalue weighted by Gasteiger charge is -2.16. The predicted molar refractivity (Wildman–Crippen MR) is 142 cm³/mol. The Hall–Kier alpha value is -4.25. The van der Waals surface area contributed by atoms with Crippen LogP contribution < -0.4 is 15.6 Å². The Morgan fingerprint density at radius 3 is 2.46 bits per heavy atom. The van der Waals surface area contributed by atoms with Gasteiger partial charge in [0.1, 0.15) is 18.1 Å². The molecule has 1 N–H and O–H groups in total. The molecule has 2 aromatic heterocycles. The number of fused-ring (bicyclic) bond motifs is 1. The first-order chi connectivity index (χ1) is 18.4. The van der Waals surface area contributed by atoms with Crippen LogP contribution >= 0.6 is 0 Å². The number of ether oxygens (including phenoxy) is 1. The highest BCUT2D eigenvalue weighted by Gasteiger charge is 2.31. The lowest BCUT2D eigenvalue weighted by Crippen LogP contribution is -2.37. The van der Waals surface area contributed by atoms with Crippen LogP contribution in [-0.4, -0.2) is 51.8 Å². The van der Waals surface area contributed by atoms with E-state index in [2.05, 4.69) is 20.0 Å². The molecule has 0 saturated heterocycles. The van der Waals surface area contributed by atoms with Crippen molar-refractivity contribution >= 4 is 16.9 Å². The molecule has 0 fully saturated rings. The Morgan fingerprint density at radius 1 is 1.05 bits per heavy atom. The summed E-state index contributed by atoms with van der Waals surface area (Å²) in [6, 6.07) is 14.4. The van der Waals surface area contributed by atoms with E-state index in [9.17, 15) is 22.8 Å². The molecule has 39 heavy (non-hydrogen) atoms. The van der Waals surface area contributed by atoms with Crippen molar-refractivity contribution in [1.29, 1.82) is 0 Å². The Balaban J connectivity index is 1.86. The normalized spacial score (nSPS) is 11.8. The van der Waals surface area contributed by atoms with Gasteiger partial charge in [-0.15, -0.1) is 13.2 Å². The zero-order valence-electron chi connectivity index (χ0n) is 21.9. The number of carbonyl (C=O) groups is 1. The summed E-state index contributed by atoms with van der Waals surface area (Å²) >= 11 is 0. The second-order valence-corrected chi connectivity index (χ2v) is 9.66.